The topological polar surface area (TPSA) is 99.2 Å². The van der Waals surface area contributed by atoms with E-state index in [9.17, 15) is 4.79 Å². The lowest BCUT2D eigenvalue weighted by Gasteiger charge is -2.28. The number of unbranched alkanes of at least 4 members (excludes halogenated alkanes) is 1. The molecule has 0 saturated heterocycles. The summed E-state index contributed by atoms with van der Waals surface area (Å²) in [6.45, 7) is 4.44. The fraction of sp³-hybridized carbons (Fsp3) is 0.400. The van der Waals surface area contributed by atoms with Crippen LogP contribution in [0.25, 0.3) is 11.0 Å². The van der Waals surface area contributed by atoms with Gasteiger partial charge in [-0.25, -0.2) is 19.4 Å². The number of hydrogen-bond acceptors (Lipinski definition) is 6. The van der Waals surface area contributed by atoms with Crippen molar-refractivity contribution in [1.82, 2.24) is 24.6 Å². The van der Waals surface area contributed by atoms with E-state index in [1.165, 1.54) is 17.5 Å². The summed E-state index contributed by atoms with van der Waals surface area (Å²) in [5.41, 5.74) is 10.3. The molecule has 3 aromatic rings. The number of anilines is 1. The van der Waals surface area contributed by atoms with Gasteiger partial charge in [-0.2, -0.15) is 5.10 Å². The molecule has 152 valence electrons. The molecule has 0 fully saturated rings. The minimum atomic E-state index is -0.219. The zero-order chi connectivity index (χ0) is 20.4. The van der Waals surface area contributed by atoms with E-state index in [1.54, 1.807) is 4.90 Å². The van der Waals surface area contributed by atoms with Gasteiger partial charge in [0.25, 0.3) is 0 Å². The molecule has 0 radical (unpaired) electrons. The Morgan fingerprint density at radius 3 is 3.00 bits per heavy atom. The Bertz CT molecular complexity index is 1050. The minimum Gasteiger partial charge on any atom is -0.449 e. The lowest BCUT2D eigenvalue weighted by molar-refractivity contribution is 0.0966. The molecule has 1 aromatic carbocycles. The molecule has 1 amide bonds. The maximum Gasteiger partial charge on any atom is 0.410 e. The monoisotopic (exact) mass is 506 g/mol. The smallest absolute Gasteiger partial charge is 0.410 e. The molecule has 0 unspecified atom stereocenters. The van der Waals surface area contributed by atoms with Gasteiger partial charge in [-0.3, -0.25) is 0 Å². The molecule has 0 spiro atoms. The van der Waals surface area contributed by atoms with Gasteiger partial charge in [0.2, 0.25) is 0 Å². The number of hydrogen-bond donors (Lipinski definition) is 1. The molecule has 0 saturated carbocycles. The van der Waals surface area contributed by atoms with Crippen molar-refractivity contribution in [2.75, 3.05) is 18.9 Å². The standard InChI is InChI=1S/C20H23IN6O2/c1-2-3-8-29-20(28)26-7-6-14-9-13(4-5-15(14)11-26)10-27-19-16(17(21)25-27)18(22)23-12-24-19/h4-5,9,12H,2-3,6-8,10-11H2,1H3,(H2,22,23,24). The summed E-state index contributed by atoms with van der Waals surface area (Å²) in [6.07, 6.45) is 3.98. The van der Waals surface area contributed by atoms with Crippen molar-refractivity contribution in [3.63, 3.8) is 0 Å². The number of nitrogens with zero attached hydrogens (tertiary/aromatic N) is 5. The van der Waals surface area contributed by atoms with Crippen LogP contribution in [0.3, 0.4) is 0 Å². The van der Waals surface area contributed by atoms with E-state index in [0.29, 0.717) is 32.1 Å². The molecule has 8 nitrogen and oxygen atoms in total. The molecular formula is C20H23IN6O2. The van der Waals surface area contributed by atoms with Crippen molar-refractivity contribution in [3.05, 3.63) is 44.9 Å². The molecule has 0 bridgehead atoms. The summed E-state index contributed by atoms with van der Waals surface area (Å²) in [5, 5.41) is 5.37. The van der Waals surface area contributed by atoms with Crippen LogP contribution in [0.4, 0.5) is 10.6 Å². The molecule has 2 N–H and O–H groups in total. The number of amides is 1. The zero-order valence-electron chi connectivity index (χ0n) is 16.3. The van der Waals surface area contributed by atoms with E-state index in [4.69, 9.17) is 10.5 Å². The molecule has 1 aliphatic heterocycles. The van der Waals surface area contributed by atoms with Gasteiger partial charge in [-0.15, -0.1) is 0 Å². The molecule has 9 heteroatoms. The number of rotatable bonds is 5. The van der Waals surface area contributed by atoms with E-state index < -0.39 is 0 Å². The van der Waals surface area contributed by atoms with Gasteiger partial charge < -0.3 is 15.4 Å². The highest BCUT2D eigenvalue weighted by molar-refractivity contribution is 14.1. The highest BCUT2D eigenvalue weighted by atomic mass is 127. The largest absolute Gasteiger partial charge is 0.449 e. The van der Waals surface area contributed by atoms with Crippen LogP contribution in [-0.2, 0) is 24.2 Å². The van der Waals surface area contributed by atoms with Crippen LogP contribution >= 0.6 is 22.6 Å². The summed E-state index contributed by atoms with van der Waals surface area (Å²) in [7, 11) is 0. The second-order valence-corrected chi connectivity index (χ2v) is 8.17. The van der Waals surface area contributed by atoms with E-state index in [-0.39, 0.29) is 6.09 Å². The third kappa shape index (κ3) is 4.14. The van der Waals surface area contributed by atoms with Gasteiger partial charge in [0.1, 0.15) is 15.8 Å². The van der Waals surface area contributed by atoms with E-state index in [2.05, 4.69) is 62.8 Å². The first-order valence-corrected chi connectivity index (χ1v) is 10.8. The Morgan fingerprint density at radius 2 is 2.17 bits per heavy atom. The summed E-state index contributed by atoms with van der Waals surface area (Å²) in [5.74, 6) is 0.446. The highest BCUT2D eigenvalue weighted by Crippen LogP contribution is 2.25. The maximum atomic E-state index is 12.2. The Labute approximate surface area is 182 Å². The Morgan fingerprint density at radius 1 is 1.31 bits per heavy atom. The van der Waals surface area contributed by atoms with Gasteiger partial charge in [0, 0.05) is 13.1 Å². The number of carbonyl (C=O) groups is 1. The number of ether oxygens (including phenoxy) is 1. The van der Waals surface area contributed by atoms with Gasteiger partial charge in [0.15, 0.2) is 5.65 Å². The lowest BCUT2D eigenvalue weighted by atomic mass is 9.97. The summed E-state index contributed by atoms with van der Waals surface area (Å²) < 4.78 is 8.00. The van der Waals surface area contributed by atoms with Gasteiger partial charge in [-0.1, -0.05) is 31.5 Å². The lowest BCUT2D eigenvalue weighted by Crippen LogP contribution is -2.36. The SMILES string of the molecule is CCCCOC(=O)N1CCc2cc(Cn3nc(I)c4c(N)ncnc43)ccc2C1. The maximum absolute atomic E-state index is 12.2. The third-order valence-corrected chi connectivity index (χ3v) is 5.87. The second kappa shape index (κ2) is 8.52. The summed E-state index contributed by atoms with van der Waals surface area (Å²) >= 11 is 2.16. The number of halogens is 1. The van der Waals surface area contributed by atoms with Gasteiger partial charge in [0.05, 0.1) is 18.5 Å². The van der Waals surface area contributed by atoms with Crippen LogP contribution in [0.15, 0.2) is 24.5 Å². The zero-order valence-corrected chi connectivity index (χ0v) is 18.4. The van der Waals surface area contributed by atoms with Crippen LogP contribution in [0.2, 0.25) is 0 Å². The van der Waals surface area contributed by atoms with Crippen LogP contribution < -0.4 is 5.73 Å². The predicted octanol–water partition coefficient (Wildman–Crippen LogP) is 3.36. The molecule has 2 aromatic heterocycles. The van der Waals surface area contributed by atoms with Crippen LogP contribution in [0.1, 0.15) is 36.5 Å². The summed E-state index contributed by atoms with van der Waals surface area (Å²) in [6, 6.07) is 6.37. The number of fused-ring (bicyclic) bond motifs is 2. The number of aromatic nitrogens is 4. The average molecular weight is 506 g/mol. The Hall–Kier alpha value is -2.43. The van der Waals surface area contributed by atoms with Crippen LogP contribution in [-0.4, -0.2) is 43.9 Å². The Balaban J connectivity index is 1.49. The molecule has 29 heavy (non-hydrogen) atoms. The van der Waals surface area contributed by atoms with Crippen LogP contribution in [0.5, 0.6) is 0 Å². The molecule has 1 aliphatic rings. The highest BCUT2D eigenvalue weighted by Gasteiger charge is 2.22. The van der Waals surface area contributed by atoms with Crippen molar-refractivity contribution in [3.8, 4) is 0 Å². The third-order valence-electron chi connectivity index (χ3n) is 5.11. The number of benzene rings is 1. The van der Waals surface area contributed by atoms with Crippen molar-refractivity contribution in [1.29, 1.82) is 0 Å². The van der Waals surface area contributed by atoms with E-state index in [1.807, 2.05) is 4.68 Å². The van der Waals surface area contributed by atoms with E-state index >= 15 is 0 Å². The van der Waals surface area contributed by atoms with Crippen molar-refractivity contribution >= 4 is 45.5 Å². The van der Waals surface area contributed by atoms with Crippen molar-refractivity contribution in [2.24, 2.45) is 0 Å². The second-order valence-electron chi connectivity index (χ2n) is 7.15. The first-order valence-electron chi connectivity index (χ1n) is 9.71. The van der Waals surface area contributed by atoms with Crippen molar-refractivity contribution < 1.29 is 9.53 Å². The molecule has 0 aliphatic carbocycles. The first kappa shape index (κ1) is 19.9. The molecular weight excluding hydrogens is 483 g/mol. The fourth-order valence-electron chi connectivity index (χ4n) is 3.53. The van der Waals surface area contributed by atoms with Crippen molar-refractivity contribution in [2.45, 2.75) is 39.3 Å². The molecule has 4 rings (SSSR count). The molecule has 0 atom stereocenters. The van der Waals surface area contributed by atoms with Gasteiger partial charge >= 0.3 is 6.09 Å². The Kier molecular flexibility index (Phi) is 5.84. The quantitative estimate of drug-likeness (QED) is 0.421. The number of nitrogens with two attached hydrogens (primary N) is 1. The van der Waals surface area contributed by atoms with Gasteiger partial charge in [-0.05, 0) is 52.1 Å². The van der Waals surface area contributed by atoms with Crippen LogP contribution in [0, 0.1) is 3.70 Å². The first-order chi connectivity index (χ1) is 14.1. The predicted molar refractivity (Wildman–Crippen MR) is 118 cm³/mol. The normalized spacial score (nSPS) is 13.5. The minimum absolute atomic E-state index is 0.219. The number of carbonyl (C=O) groups excluding carboxylic acids is 1. The summed E-state index contributed by atoms with van der Waals surface area (Å²) in [4.78, 5) is 22.4. The number of nitrogen functional groups attached to an aromatic ring is 1. The van der Waals surface area contributed by atoms with E-state index in [0.717, 1.165) is 39.6 Å². The fourth-order valence-corrected chi connectivity index (χ4v) is 4.30. The average Bonchev–Trinajstić information content (AvgIpc) is 3.04. The molecule has 3 heterocycles.